The van der Waals surface area contributed by atoms with Gasteiger partial charge in [0.2, 0.25) is 0 Å². The zero-order chi connectivity index (χ0) is 13.2. The Labute approximate surface area is 113 Å². The van der Waals surface area contributed by atoms with Gasteiger partial charge in [-0.3, -0.25) is 0 Å². The summed E-state index contributed by atoms with van der Waals surface area (Å²) in [5.74, 6) is 1.88. The monoisotopic (exact) mass is 256 g/mol. The highest BCUT2D eigenvalue weighted by Crippen LogP contribution is 2.33. The molecule has 0 spiro atoms. The van der Waals surface area contributed by atoms with Crippen LogP contribution in [0.1, 0.15) is 55.0 Å². The summed E-state index contributed by atoms with van der Waals surface area (Å²) in [5, 5.41) is 8.57. The lowest BCUT2D eigenvalue weighted by Gasteiger charge is -2.19. The van der Waals surface area contributed by atoms with Crippen LogP contribution in [0.3, 0.4) is 0 Å². The number of hydrogen-bond donors (Lipinski definition) is 1. The Bertz CT molecular complexity index is 541. The molecule has 2 N–H and O–H groups in total. The first kappa shape index (κ1) is 12.4. The number of rotatable bonds is 3. The van der Waals surface area contributed by atoms with Gasteiger partial charge in [-0.15, -0.1) is 10.2 Å². The second-order valence-corrected chi connectivity index (χ2v) is 5.30. The van der Waals surface area contributed by atoms with Gasteiger partial charge in [0.25, 0.3) is 0 Å². The predicted molar refractivity (Wildman–Crippen MR) is 74.7 cm³/mol. The fourth-order valence-electron chi connectivity index (χ4n) is 3.02. The number of nitrogens with two attached hydrogens (primary N) is 1. The molecule has 4 nitrogen and oxygen atoms in total. The summed E-state index contributed by atoms with van der Waals surface area (Å²) in [5.41, 5.74) is 7.47. The highest BCUT2D eigenvalue weighted by molar-refractivity contribution is 5.24. The summed E-state index contributed by atoms with van der Waals surface area (Å²) in [6.45, 7) is 2.02. The molecule has 1 saturated carbocycles. The van der Waals surface area contributed by atoms with Crippen LogP contribution in [-0.4, -0.2) is 14.8 Å². The van der Waals surface area contributed by atoms with Crippen molar-refractivity contribution in [2.75, 3.05) is 0 Å². The van der Waals surface area contributed by atoms with E-state index in [0.717, 1.165) is 17.2 Å². The van der Waals surface area contributed by atoms with E-state index < -0.39 is 0 Å². The first-order valence-corrected chi connectivity index (χ1v) is 6.99. The zero-order valence-corrected chi connectivity index (χ0v) is 11.3. The summed E-state index contributed by atoms with van der Waals surface area (Å²) in [7, 11) is 0. The smallest absolute Gasteiger partial charge is 0.154 e. The molecule has 1 aliphatic carbocycles. The molecule has 0 bridgehead atoms. The summed E-state index contributed by atoms with van der Waals surface area (Å²) in [6.07, 6.45) is 5.02. The molecule has 19 heavy (non-hydrogen) atoms. The molecule has 1 aromatic heterocycles. The lowest BCUT2D eigenvalue weighted by molar-refractivity contribution is 0.478. The van der Waals surface area contributed by atoms with E-state index in [0.29, 0.717) is 6.04 Å². The number of hydrogen-bond acceptors (Lipinski definition) is 3. The van der Waals surface area contributed by atoms with E-state index in [1.165, 1.54) is 25.7 Å². The maximum atomic E-state index is 6.37. The van der Waals surface area contributed by atoms with Gasteiger partial charge in [-0.05, 0) is 25.3 Å². The molecule has 3 rings (SSSR count). The summed E-state index contributed by atoms with van der Waals surface area (Å²) >= 11 is 0. The number of aryl methyl sites for hydroxylation is 1. The first-order valence-electron chi connectivity index (χ1n) is 6.99. The molecule has 0 radical (unpaired) electrons. The Balaban J connectivity index is 1.96. The van der Waals surface area contributed by atoms with Crippen molar-refractivity contribution in [2.24, 2.45) is 5.73 Å². The van der Waals surface area contributed by atoms with Crippen LogP contribution in [-0.2, 0) is 0 Å². The molecule has 1 fully saturated rings. The van der Waals surface area contributed by atoms with Crippen LogP contribution >= 0.6 is 0 Å². The summed E-state index contributed by atoms with van der Waals surface area (Å²) < 4.78 is 2.25. The van der Waals surface area contributed by atoms with Crippen molar-refractivity contribution in [1.82, 2.24) is 14.8 Å². The van der Waals surface area contributed by atoms with Crippen molar-refractivity contribution < 1.29 is 0 Å². The quantitative estimate of drug-likeness (QED) is 0.918. The number of aromatic nitrogens is 3. The Morgan fingerprint density at radius 2 is 1.84 bits per heavy atom. The molecule has 1 aliphatic rings. The second kappa shape index (κ2) is 5.13. The van der Waals surface area contributed by atoms with Crippen molar-refractivity contribution in [3.05, 3.63) is 47.5 Å². The summed E-state index contributed by atoms with van der Waals surface area (Å²) in [6, 6.07) is 10.5. The third kappa shape index (κ3) is 2.28. The van der Waals surface area contributed by atoms with E-state index in [2.05, 4.69) is 14.8 Å². The lowest BCUT2D eigenvalue weighted by atomic mass is 10.1. The van der Waals surface area contributed by atoms with Gasteiger partial charge in [0.05, 0.1) is 6.04 Å². The fourth-order valence-corrected chi connectivity index (χ4v) is 3.02. The van der Waals surface area contributed by atoms with E-state index in [4.69, 9.17) is 5.73 Å². The molecule has 4 heteroatoms. The van der Waals surface area contributed by atoms with Crippen LogP contribution in [0.2, 0.25) is 0 Å². The topological polar surface area (TPSA) is 56.7 Å². The second-order valence-electron chi connectivity index (χ2n) is 5.30. The van der Waals surface area contributed by atoms with Gasteiger partial charge >= 0.3 is 0 Å². The molecule has 1 aromatic carbocycles. The molecule has 1 heterocycles. The molecule has 0 aliphatic heterocycles. The largest absolute Gasteiger partial charge is 0.318 e. The Kier molecular flexibility index (Phi) is 3.34. The Morgan fingerprint density at radius 1 is 1.16 bits per heavy atom. The molecule has 0 saturated heterocycles. The average molecular weight is 256 g/mol. The minimum Gasteiger partial charge on any atom is -0.318 e. The van der Waals surface area contributed by atoms with Crippen molar-refractivity contribution >= 4 is 0 Å². The SMILES string of the molecule is Cc1nnc([C@@H](N)c2ccccc2)n1C1CCCC1. The maximum Gasteiger partial charge on any atom is 0.154 e. The van der Waals surface area contributed by atoms with Crippen LogP contribution < -0.4 is 5.73 Å². The van der Waals surface area contributed by atoms with Crippen molar-refractivity contribution in [2.45, 2.75) is 44.7 Å². The molecular formula is C15H20N4. The van der Waals surface area contributed by atoms with Gasteiger partial charge in [0, 0.05) is 6.04 Å². The molecule has 0 amide bonds. The van der Waals surface area contributed by atoms with Crippen molar-refractivity contribution in [3.63, 3.8) is 0 Å². The first-order chi connectivity index (χ1) is 9.27. The van der Waals surface area contributed by atoms with Crippen molar-refractivity contribution in [3.8, 4) is 0 Å². The van der Waals surface area contributed by atoms with Crippen LogP contribution in [0.25, 0.3) is 0 Å². The minimum atomic E-state index is -0.192. The lowest BCUT2D eigenvalue weighted by Crippen LogP contribution is -2.20. The van der Waals surface area contributed by atoms with E-state index >= 15 is 0 Å². The van der Waals surface area contributed by atoms with E-state index in [1.807, 2.05) is 37.3 Å². The van der Waals surface area contributed by atoms with E-state index in [9.17, 15) is 0 Å². The minimum absolute atomic E-state index is 0.192. The highest BCUT2D eigenvalue weighted by Gasteiger charge is 2.25. The van der Waals surface area contributed by atoms with Gasteiger partial charge < -0.3 is 10.3 Å². The Hall–Kier alpha value is -1.68. The summed E-state index contributed by atoms with van der Waals surface area (Å²) in [4.78, 5) is 0. The molecule has 0 unspecified atom stereocenters. The van der Waals surface area contributed by atoms with Crippen LogP contribution in [0.5, 0.6) is 0 Å². The maximum absolute atomic E-state index is 6.37. The highest BCUT2D eigenvalue weighted by atomic mass is 15.3. The van der Waals surface area contributed by atoms with Crippen LogP contribution in [0.4, 0.5) is 0 Å². The van der Waals surface area contributed by atoms with Gasteiger partial charge in [0.1, 0.15) is 5.82 Å². The normalized spacial score (nSPS) is 17.8. The fraction of sp³-hybridized carbons (Fsp3) is 0.467. The van der Waals surface area contributed by atoms with E-state index in [1.54, 1.807) is 0 Å². The third-order valence-corrected chi connectivity index (χ3v) is 4.02. The zero-order valence-electron chi connectivity index (χ0n) is 11.3. The van der Waals surface area contributed by atoms with Gasteiger partial charge in [-0.1, -0.05) is 43.2 Å². The van der Waals surface area contributed by atoms with Gasteiger partial charge in [0.15, 0.2) is 5.82 Å². The van der Waals surface area contributed by atoms with Crippen molar-refractivity contribution in [1.29, 1.82) is 0 Å². The third-order valence-electron chi connectivity index (χ3n) is 4.02. The van der Waals surface area contributed by atoms with Gasteiger partial charge in [-0.25, -0.2) is 0 Å². The molecule has 2 aromatic rings. The van der Waals surface area contributed by atoms with Gasteiger partial charge in [-0.2, -0.15) is 0 Å². The standard InChI is InChI=1S/C15H20N4/c1-11-17-18-15(19(11)13-9-5-6-10-13)14(16)12-7-3-2-4-8-12/h2-4,7-8,13-14H,5-6,9-10,16H2,1H3/t14-/m0/s1. The van der Waals surface area contributed by atoms with Crippen LogP contribution in [0, 0.1) is 6.92 Å². The average Bonchev–Trinajstić information content (AvgIpc) is 3.08. The molecule has 100 valence electrons. The van der Waals surface area contributed by atoms with Crippen LogP contribution in [0.15, 0.2) is 30.3 Å². The predicted octanol–water partition coefficient (Wildman–Crippen LogP) is 2.75. The molecule has 1 atom stereocenters. The number of nitrogens with zero attached hydrogens (tertiary/aromatic N) is 3. The number of benzene rings is 1. The van der Waals surface area contributed by atoms with E-state index in [-0.39, 0.29) is 6.04 Å². The molecular weight excluding hydrogens is 236 g/mol. The Morgan fingerprint density at radius 3 is 2.53 bits per heavy atom.